The van der Waals surface area contributed by atoms with Crippen molar-refractivity contribution in [2.75, 3.05) is 6.54 Å². The maximum atomic E-state index is 5.59. The van der Waals surface area contributed by atoms with Crippen LogP contribution in [0, 0.1) is 0 Å². The van der Waals surface area contributed by atoms with Gasteiger partial charge in [-0.3, -0.25) is 0 Å². The maximum Gasteiger partial charge on any atom is 0.194 e. The van der Waals surface area contributed by atoms with Gasteiger partial charge in [0.05, 0.1) is 12.3 Å². The third-order valence-corrected chi connectivity index (χ3v) is 2.74. The van der Waals surface area contributed by atoms with Crippen LogP contribution in [0.15, 0.2) is 10.6 Å². The fourth-order valence-electron chi connectivity index (χ4n) is 1.61. The first-order valence-electron chi connectivity index (χ1n) is 6.52. The highest BCUT2D eigenvalue weighted by molar-refractivity contribution is 4.93. The van der Waals surface area contributed by atoms with Gasteiger partial charge in [-0.15, -0.1) is 0 Å². The van der Waals surface area contributed by atoms with Crippen molar-refractivity contribution in [2.45, 2.75) is 58.3 Å². The molecule has 0 aromatic carbocycles. The van der Waals surface area contributed by atoms with Gasteiger partial charge >= 0.3 is 0 Å². The zero-order valence-corrected chi connectivity index (χ0v) is 10.7. The molecule has 1 aromatic heterocycles. The molecular formula is C13H22N2O2. The monoisotopic (exact) mass is 238 g/mol. The van der Waals surface area contributed by atoms with E-state index in [-0.39, 0.29) is 6.10 Å². The van der Waals surface area contributed by atoms with Crippen LogP contribution in [0.1, 0.15) is 44.8 Å². The van der Waals surface area contributed by atoms with Crippen molar-refractivity contribution in [3.8, 4) is 0 Å². The Morgan fingerprint density at radius 2 is 2.35 bits per heavy atom. The van der Waals surface area contributed by atoms with Crippen molar-refractivity contribution < 1.29 is 9.15 Å². The molecule has 0 bridgehead atoms. The third-order valence-electron chi connectivity index (χ3n) is 2.74. The normalized spacial score (nSPS) is 15.7. The molecule has 0 atom stereocenters. The summed E-state index contributed by atoms with van der Waals surface area (Å²) in [6, 6.07) is 0.787. The zero-order chi connectivity index (χ0) is 12.1. The van der Waals surface area contributed by atoms with E-state index < -0.39 is 0 Å². The Kier molecular flexibility index (Phi) is 4.57. The fraction of sp³-hybridized carbons (Fsp3) is 0.769. The quantitative estimate of drug-likeness (QED) is 0.706. The molecule has 96 valence electrons. The first kappa shape index (κ1) is 12.6. The summed E-state index contributed by atoms with van der Waals surface area (Å²) < 4.78 is 11.1. The van der Waals surface area contributed by atoms with Crippen molar-refractivity contribution in [3.05, 3.63) is 17.8 Å². The number of ether oxygens (including phenoxy) is 1. The molecule has 1 aliphatic carbocycles. The van der Waals surface area contributed by atoms with Gasteiger partial charge in [0.25, 0.3) is 0 Å². The average molecular weight is 238 g/mol. The molecule has 0 saturated heterocycles. The lowest BCUT2D eigenvalue weighted by atomic mass is 10.3. The summed E-state index contributed by atoms with van der Waals surface area (Å²) in [6.45, 7) is 5.61. The number of nitrogens with one attached hydrogen (secondary N) is 1. The maximum absolute atomic E-state index is 5.59. The highest BCUT2D eigenvalue weighted by atomic mass is 16.5. The molecule has 17 heavy (non-hydrogen) atoms. The van der Waals surface area contributed by atoms with Crippen molar-refractivity contribution in [1.29, 1.82) is 0 Å². The van der Waals surface area contributed by atoms with E-state index in [9.17, 15) is 0 Å². The lowest BCUT2D eigenvalue weighted by Gasteiger charge is -2.03. The number of rotatable bonds is 8. The Bertz CT molecular complexity index is 332. The van der Waals surface area contributed by atoms with Crippen LogP contribution >= 0.6 is 0 Å². The Hall–Kier alpha value is -0.870. The minimum atomic E-state index is 0.228. The van der Waals surface area contributed by atoms with Gasteiger partial charge in [0.2, 0.25) is 0 Å². The molecule has 1 aliphatic rings. The van der Waals surface area contributed by atoms with Crippen LogP contribution in [0.3, 0.4) is 0 Å². The molecule has 1 aromatic rings. The van der Waals surface area contributed by atoms with E-state index in [1.54, 1.807) is 6.20 Å². The number of aryl methyl sites for hydroxylation is 1. The smallest absolute Gasteiger partial charge is 0.194 e. The minimum Gasteiger partial charge on any atom is -0.443 e. The van der Waals surface area contributed by atoms with Gasteiger partial charge in [0.15, 0.2) is 5.89 Å². The highest BCUT2D eigenvalue weighted by Crippen LogP contribution is 2.18. The molecule has 1 fully saturated rings. The summed E-state index contributed by atoms with van der Waals surface area (Å²) in [6.07, 6.45) is 6.67. The molecule has 2 rings (SSSR count). The molecule has 1 heterocycles. The minimum absolute atomic E-state index is 0.228. The van der Waals surface area contributed by atoms with E-state index in [1.807, 2.05) is 13.8 Å². The highest BCUT2D eigenvalue weighted by Gasteiger charge is 2.19. The Labute approximate surface area is 103 Å². The molecule has 0 unspecified atom stereocenters. The Balaban J connectivity index is 1.62. The summed E-state index contributed by atoms with van der Waals surface area (Å²) in [5.41, 5.74) is 0. The van der Waals surface area contributed by atoms with E-state index in [1.165, 1.54) is 12.8 Å². The zero-order valence-electron chi connectivity index (χ0n) is 10.7. The third kappa shape index (κ3) is 4.88. The number of aromatic nitrogens is 1. The van der Waals surface area contributed by atoms with Crippen LogP contribution in [0.4, 0.5) is 0 Å². The van der Waals surface area contributed by atoms with Gasteiger partial charge in [-0.05, 0) is 39.7 Å². The van der Waals surface area contributed by atoms with Crippen molar-refractivity contribution in [1.82, 2.24) is 10.3 Å². The Morgan fingerprint density at radius 1 is 1.53 bits per heavy atom. The molecule has 4 nitrogen and oxygen atoms in total. The molecule has 4 heteroatoms. The lowest BCUT2D eigenvalue weighted by molar-refractivity contribution is 0.0539. The number of hydrogen-bond donors (Lipinski definition) is 1. The second kappa shape index (κ2) is 6.17. The van der Waals surface area contributed by atoms with Crippen molar-refractivity contribution >= 4 is 0 Å². The molecule has 1 N–H and O–H groups in total. The Morgan fingerprint density at radius 3 is 3.06 bits per heavy atom. The summed E-state index contributed by atoms with van der Waals surface area (Å²) >= 11 is 0. The molecule has 1 saturated carbocycles. The number of hydrogen-bond acceptors (Lipinski definition) is 4. The number of oxazole rings is 1. The lowest BCUT2D eigenvalue weighted by Crippen LogP contribution is -2.17. The fourth-order valence-corrected chi connectivity index (χ4v) is 1.61. The second-order valence-corrected chi connectivity index (χ2v) is 4.91. The summed E-state index contributed by atoms with van der Waals surface area (Å²) in [5, 5.41) is 3.48. The predicted molar refractivity (Wildman–Crippen MR) is 65.8 cm³/mol. The molecular weight excluding hydrogens is 216 g/mol. The molecule has 0 radical (unpaired) electrons. The van der Waals surface area contributed by atoms with Gasteiger partial charge in [0, 0.05) is 12.5 Å². The van der Waals surface area contributed by atoms with Crippen LogP contribution in [0.25, 0.3) is 0 Å². The topological polar surface area (TPSA) is 47.3 Å². The van der Waals surface area contributed by atoms with Gasteiger partial charge in [-0.2, -0.15) is 0 Å². The van der Waals surface area contributed by atoms with E-state index in [0.29, 0.717) is 6.61 Å². The first-order valence-corrected chi connectivity index (χ1v) is 6.52. The van der Waals surface area contributed by atoms with Gasteiger partial charge in [-0.1, -0.05) is 0 Å². The van der Waals surface area contributed by atoms with E-state index in [2.05, 4.69) is 10.3 Å². The van der Waals surface area contributed by atoms with E-state index in [0.717, 1.165) is 37.1 Å². The second-order valence-electron chi connectivity index (χ2n) is 4.91. The summed E-state index contributed by atoms with van der Waals surface area (Å²) in [7, 11) is 0. The van der Waals surface area contributed by atoms with Gasteiger partial charge < -0.3 is 14.5 Å². The average Bonchev–Trinajstić information content (AvgIpc) is 3.01. The number of nitrogens with zero attached hydrogens (tertiary/aromatic N) is 1. The SMILES string of the molecule is CC(C)OCc1cnc(CCCNC2CC2)o1. The van der Waals surface area contributed by atoms with Crippen LogP contribution in [-0.2, 0) is 17.8 Å². The molecule has 0 amide bonds. The summed E-state index contributed by atoms with van der Waals surface area (Å²) in [5.74, 6) is 1.65. The van der Waals surface area contributed by atoms with Crippen molar-refractivity contribution in [2.24, 2.45) is 0 Å². The van der Waals surface area contributed by atoms with Crippen LogP contribution < -0.4 is 5.32 Å². The van der Waals surface area contributed by atoms with Crippen LogP contribution in [-0.4, -0.2) is 23.7 Å². The van der Waals surface area contributed by atoms with Crippen LogP contribution in [0.5, 0.6) is 0 Å². The molecule has 0 aliphatic heterocycles. The summed E-state index contributed by atoms with van der Waals surface area (Å²) in [4.78, 5) is 4.25. The molecule has 0 spiro atoms. The van der Waals surface area contributed by atoms with Gasteiger partial charge in [-0.25, -0.2) is 4.98 Å². The van der Waals surface area contributed by atoms with Crippen LogP contribution in [0.2, 0.25) is 0 Å². The predicted octanol–water partition coefficient (Wildman–Crippen LogP) is 2.28. The first-order chi connectivity index (χ1) is 8.24. The van der Waals surface area contributed by atoms with E-state index in [4.69, 9.17) is 9.15 Å². The van der Waals surface area contributed by atoms with Crippen molar-refractivity contribution in [3.63, 3.8) is 0 Å². The van der Waals surface area contributed by atoms with E-state index >= 15 is 0 Å². The standard InChI is InChI=1S/C13H22N2O2/c1-10(2)16-9-12-8-15-13(17-12)4-3-7-14-11-5-6-11/h8,10-11,14H,3-7,9H2,1-2H3. The van der Waals surface area contributed by atoms with Gasteiger partial charge in [0.1, 0.15) is 12.4 Å². The largest absolute Gasteiger partial charge is 0.443 e.